The summed E-state index contributed by atoms with van der Waals surface area (Å²) in [5.74, 6) is 0.468. The van der Waals surface area contributed by atoms with E-state index in [2.05, 4.69) is 15.3 Å². The molecule has 19 heavy (non-hydrogen) atoms. The van der Waals surface area contributed by atoms with Crippen LogP contribution in [0.4, 0.5) is 4.79 Å². The number of hydrogen-bond acceptors (Lipinski definition) is 4. The lowest BCUT2D eigenvalue weighted by atomic mass is 10.3. The molecule has 1 aliphatic rings. The zero-order chi connectivity index (χ0) is 13.8. The van der Waals surface area contributed by atoms with Crippen molar-refractivity contribution in [2.75, 3.05) is 13.2 Å². The fourth-order valence-electron chi connectivity index (χ4n) is 1.67. The van der Waals surface area contributed by atoms with Crippen molar-refractivity contribution >= 4 is 6.03 Å². The van der Waals surface area contributed by atoms with Crippen molar-refractivity contribution in [2.45, 2.75) is 26.0 Å². The first-order valence-electron chi connectivity index (χ1n) is 6.21. The van der Waals surface area contributed by atoms with Crippen LogP contribution in [0.3, 0.4) is 0 Å². The van der Waals surface area contributed by atoms with E-state index in [1.165, 1.54) is 0 Å². The van der Waals surface area contributed by atoms with Crippen LogP contribution < -0.4 is 20.8 Å². The van der Waals surface area contributed by atoms with E-state index < -0.39 is 12.1 Å². The molecule has 6 heteroatoms. The second-order valence-electron chi connectivity index (χ2n) is 4.66. The van der Waals surface area contributed by atoms with Crippen LogP contribution in [0.15, 0.2) is 28.2 Å². The molecule has 0 bridgehead atoms. The normalized spacial score (nSPS) is 14.8. The molecule has 6 nitrogen and oxygen atoms in total. The third-order valence-corrected chi connectivity index (χ3v) is 2.59. The van der Waals surface area contributed by atoms with Crippen LogP contribution in [0.25, 0.3) is 0 Å². The van der Waals surface area contributed by atoms with Crippen molar-refractivity contribution in [3.05, 3.63) is 28.9 Å². The van der Waals surface area contributed by atoms with Gasteiger partial charge in [-0.15, -0.1) is 0 Å². The lowest BCUT2D eigenvalue weighted by Crippen LogP contribution is -2.36. The van der Waals surface area contributed by atoms with E-state index in [0.29, 0.717) is 29.1 Å². The van der Waals surface area contributed by atoms with E-state index in [1.54, 1.807) is 18.2 Å². The molecule has 1 aromatic carbocycles. The number of ether oxygens (including phenoxy) is 1. The van der Waals surface area contributed by atoms with E-state index in [9.17, 15) is 9.90 Å². The molecule has 2 amide bonds. The molecule has 0 spiro atoms. The van der Waals surface area contributed by atoms with Crippen molar-refractivity contribution in [2.24, 2.45) is 9.98 Å². The Balaban J connectivity index is 1.99. The van der Waals surface area contributed by atoms with Gasteiger partial charge < -0.3 is 15.2 Å². The number of rotatable bonds is 6. The SMILES string of the molecule is CC(C)NCC(O)COc1cccc2c1=NC(=O)N=2. The van der Waals surface area contributed by atoms with Crippen molar-refractivity contribution in [1.29, 1.82) is 0 Å². The molecule has 102 valence electrons. The summed E-state index contributed by atoms with van der Waals surface area (Å²) in [7, 11) is 0. The molecule has 0 aromatic heterocycles. The molecular weight excluding hydrogens is 246 g/mol. The first kappa shape index (κ1) is 13.6. The van der Waals surface area contributed by atoms with Gasteiger partial charge in [-0.3, -0.25) is 0 Å². The molecule has 0 saturated heterocycles. The maximum absolute atomic E-state index is 11.1. The monoisotopic (exact) mass is 263 g/mol. The zero-order valence-corrected chi connectivity index (χ0v) is 11.0. The number of amides is 2. The van der Waals surface area contributed by atoms with E-state index in [0.717, 1.165) is 0 Å². The standard InChI is InChI=1S/C13H17N3O3/c1-8(2)14-6-9(17)7-19-11-5-3-4-10-12(11)16-13(18)15-10/h3-5,8-9,14,17H,6-7H2,1-2H3. The molecule has 2 N–H and O–H groups in total. The molecule has 1 aromatic rings. The summed E-state index contributed by atoms with van der Waals surface area (Å²) in [4.78, 5) is 18.6. The molecule has 2 rings (SSSR count). The van der Waals surface area contributed by atoms with Gasteiger partial charge in [0.15, 0.2) is 0 Å². The fourth-order valence-corrected chi connectivity index (χ4v) is 1.67. The Morgan fingerprint density at radius 1 is 1.37 bits per heavy atom. The fraction of sp³-hybridized carbons (Fsp3) is 0.462. The summed E-state index contributed by atoms with van der Waals surface area (Å²) in [6, 6.07) is 4.94. The smallest absolute Gasteiger partial charge is 0.368 e. The minimum Gasteiger partial charge on any atom is -0.488 e. The number of carbonyl (C=O) groups excluding carboxylic acids is 1. The van der Waals surface area contributed by atoms with Crippen LogP contribution in [0.1, 0.15) is 13.8 Å². The summed E-state index contributed by atoms with van der Waals surface area (Å²) >= 11 is 0. The first-order chi connectivity index (χ1) is 9.06. The Labute approximate surface area is 110 Å². The Kier molecular flexibility index (Phi) is 4.24. The Morgan fingerprint density at radius 2 is 2.16 bits per heavy atom. The van der Waals surface area contributed by atoms with Crippen molar-refractivity contribution in [3.8, 4) is 5.75 Å². The van der Waals surface area contributed by atoms with E-state index >= 15 is 0 Å². The predicted octanol–water partition coefficient (Wildman–Crippen LogP) is -0.203. The molecule has 1 atom stereocenters. The highest BCUT2D eigenvalue weighted by molar-refractivity contribution is 5.77. The van der Waals surface area contributed by atoms with E-state index in [-0.39, 0.29) is 6.61 Å². The highest BCUT2D eigenvalue weighted by atomic mass is 16.5. The lowest BCUT2D eigenvalue weighted by molar-refractivity contribution is 0.104. The van der Waals surface area contributed by atoms with Gasteiger partial charge in [0.2, 0.25) is 0 Å². The van der Waals surface area contributed by atoms with Gasteiger partial charge in [-0.05, 0) is 12.1 Å². The number of aliphatic hydroxyl groups excluding tert-OH is 1. The van der Waals surface area contributed by atoms with Crippen LogP contribution >= 0.6 is 0 Å². The number of fused-ring (bicyclic) bond motifs is 1. The average molecular weight is 263 g/mol. The highest BCUT2D eigenvalue weighted by Gasteiger charge is 2.11. The second-order valence-corrected chi connectivity index (χ2v) is 4.66. The maximum atomic E-state index is 11.1. The molecule has 0 saturated carbocycles. The van der Waals surface area contributed by atoms with Gasteiger partial charge in [-0.2, -0.15) is 9.98 Å². The van der Waals surface area contributed by atoms with Crippen LogP contribution in [-0.2, 0) is 0 Å². The minimum absolute atomic E-state index is 0.139. The summed E-state index contributed by atoms with van der Waals surface area (Å²) in [5, 5.41) is 13.8. The average Bonchev–Trinajstić information content (AvgIpc) is 2.74. The minimum atomic E-state index is -0.618. The number of urea groups is 1. The van der Waals surface area contributed by atoms with Crippen LogP contribution in [0, 0.1) is 0 Å². The summed E-state index contributed by atoms with van der Waals surface area (Å²) in [5.41, 5.74) is 0. The maximum Gasteiger partial charge on any atom is 0.368 e. The zero-order valence-electron chi connectivity index (χ0n) is 11.0. The van der Waals surface area contributed by atoms with Gasteiger partial charge in [0, 0.05) is 12.6 Å². The van der Waals surface area contributed by atoms with Crippen molar-refractivity contribution < 1.29 is 14.6 Å². The highest BCUT2D eigenvalue weighted by Crippen LogP contribution is 2.02. The van der Waals surface area contributed by atoms with E-state index in [1.807, 2.05) is 13.8 Å². The summed E-state index contributed by atoms with van der Waals surface area (Å²) in [6.07, 6.45) is -0.618. The number of nitrogens with zero attached hydrogens (tertiary/aromatic N) is 2. The Bertz CT molecular complexity index is 583. The van der Waals surface area contributed by atoms with Crippen LogP contribution in [-0.4, -0.2) is 36.4 Å². The van der Waals surface area contributed by atoms with Gasteiger partial charge in [0.25, 0.3) is 0 Å². The summed E-state index contributed by atoms with van der Waals surface area (Å²) in [6.45, 7) is 4.60. The quantitative estimate of drug-likeness (QED) is 0.744. The number of nitrogens with one attached hydrogen (secondary N) is 1. The summed E-state index contributed by atoms with van der Waals surface area (Å²) < 4.78 is 5.50. The molecule has 1 heterocycles. The molecular formula is C13H17N3O3. The number of aliphatic hydroxyl groups is 1. The number of carbonyl (C=O) groups is 1. The van der Waals surface area contributed by atoms with Crippen molar-refractivity contribution in [3.63, 3.8) is 0 Å². The molecule has 1 aliphatic heterocycles. The Morgan fingerprint density at radius 3 is 2.89 bits per heavy atom. The predicted molar refractivity (Wildman–Crippen MR) is 68.8 cm³/mol. The second kappa shape index (κ2) is 5.90. The number of hydrogen-bond donors (Lipinski definition) is 2. The first-order valence-corrected chi connectivity index (χ1v) is 6.21. The molecule has 1 unspecified atom stereocenters. The molecule has 0 fully saturated rings. The number of benzene rings is 1. The van der Waals surface area contributed by atoms with Crippen LogP contribution in [0.2, 0.25) is 0 Å². The molecule has 0 aliphatic carbocycles. The van der Waals surface area contributed by atoms with Gasteiger partial charge in [0.05, 0.1) is 5.36 Å². The van der Waals surface area contributed by atoms with Gasteiger partial charge in [0.1, 0.15) is 23.8 Å². The third kappa shape index (κ3) is 3.59. The van der Waals surface area contributed by atoms with Gasteiger partial charge >= 0.3 is 6.03 Å². The van der Waals surface area contributed by atoms with Crippen LogP contribution in [0.5, 0.6) is 5.75 Å². The number of para-hydroxylation sites is 1. The Hall–Kier alpha value is -1.79. The van der Waals surface area contributed by atoms with Crippen molar-refractivity contribution in [1.82, 2.24) is 5.32 Å². The topological polar surface area (TPSA) is 83.3 Å². The van der Waals surface area contributed by atoms with E-state index in [4.69, 9.17) is 4.74 Å². The lowest BCUT2D eigenvalue weighted by Gasteiger charge is -2.14. The largest absolute Gasteiger partial charge is 0.488 e. The van der Waals surface area contributed by atoms with Gasteiger partial charge in [-0.25, -0.2) is 4.79 Å². The third-order valence-electron chi connectivity index (χ3n) is 2.59. The molecule has 0 radical (unpaired) electrons. The van der Waals surface area contributed by atoms with Gasteiger partial charge in [-0.1, -0.05) is 19.9 Å².